The van der Waals surface area contributed by atoms with E-state index in [1.807, 2.05) is 0 Å². The highest BCUT2D eigenvalue weighted by molar-refractivity contribution is 5.84. The largest absolute Gasteiger partial charge is 0.326 e. The molecule has 98 valence electrons. The second-order valence-electron chi connectivity index (χ2n) is 5.68. The highest BCUT2D eigenvalue weighted by Crippen LogP contribution is 2.27. The molecule has 1 saturated carbocycles. The average Bonchev–Trinajstić information content (AvgIpc) is 2.90. The molecule has 2 unspecified atom stereocenters. The van der Waals surface area contributed by atoms with E-state index in [1.54, 1.807) is 0 Å². The fourth-order valence-electron chi connectivity index (χ4n) is 3.18. The highest BCUT2D eigenvalue weighted by Gasteiger charge is 2.36. The first-order chi connectivity index (χ1) is 8.22. The molecule has 2 rings (SSSR count). The van der Waals surface area contributed by atoms with Crippen molar-refractivity contribution in [1.82, 2.24) is 10.2 Å². The number of carbonyl (C=O) groups is 1. The molecule has 1 saturated heterocycles. The number of nitrogens with one attached hydrogen (secondary N) is 1. The predicted octanol–water partition coefficient (Wildman–Crippen LogP) is 2.51. The molecule has 0 aromatic carbocycles. The first kappa shape index (κ1) is 12.9. The zero-order valence-electron chi connectivity index (χ0n) is 11.2. The molecular formula is C14H26N2O. The summed E-state index contributed by atoms with van der Waals surface area (Å²) < 4.78 is 0. The van der Waals surface area contributed by atoms with Gasteiger partial charge in [0.1, 0.15) is 0 Å². The molecular weight excluding hydrogens is 212 g/mol. The number of nitrogens with zero attached hydrogens (tertiary/aromatic N) is 1. The standard InChI is InChI=1S/C14H26N2O/c1-3-4-9-13-14(17)16(11(2)15-13)10-12-7-5-6-8-12/h11-13,15H,3-10H2,1-2H3. The fraction of sp³-hybridized carbons (Fsp3) is 0.929. The van der Waals surface area contributed by atoms with Gasteiger partial charge < -0.3 is 4.90 Å². The summed E-state index contributed by atoms with van der Waals surface area (Å²) in [6.07, 6.45) is 8.90. The van der Waals surface area contributed by atoms with E-state index >= 15 is 0 Å². The topological polar surface area (TPSA) is 32.3 Å². The van der Waals surface area contributed by atoms with Crippen LogP contribution in [0.15, 0.2) is 0 Å². The molecule has 1 heterocycles. The van der Waals surface area contributed by atoms with Crippen LogP contribution in [-0.4, -0.2) is 29.6 Å². The Labute approximate surface area is 105 Å². The molecule has 0 aromatic rings. The minimum Gasteiger partial charge on any atom is -0.326 e. The van der Waals surface area contributed by atoms with Gasteiger partial charge in [-0.25, -0.2) is 0 Å². The number of amides is 1. The van der Waals surface area contributed by atoms with Crippen LogP contribution in [0.2, 0.25) is 0 Å². The molecule has 1 aliphatic carbocycles. The van der Waals surface area contributed by atoms with Crippen LogP contribution in [0.25, 0.3) is 0 Å². The Hall–Kier alpha value is -0.570. The van der Waals surface area contributed by atoms with Crippen molar-refractivity contribution in [3.63, 3.8) is 0 Å². The van der Waals surface area contributed by atoms with E-state index in [0.29, 0.717) is 5.91 Å². The minimum absolute atomic E-state index is 0.0892. The van der Waals surface area contributed by atoms with E-state index in [0.717, 1.165) is 25.3 Å². The summed E-state index contributed by atoms with van der Waals surface area (Å²) in [5, 5.41) is 3.44. The van der Waals surface area contributed by atoms with Gasteiger partial charge in [-0.3, -0.25) is 10.1 Å². The second kappa shape index (κ2) is 5.85. The monoisotopic (exact) mass is 238 g/mol. The van der Waals surface area contributed by atoms with E-state index in [1.165, 1.54) is 32.1 Å². The van der Waals surface area contributed by atoms with Gasteiger partial charge in [-0.15, -0.1) is 0 Å². The van der Waals surface area contributed by atoms with Gasteiger partial charge in [0.25, 0.3) is 0 Å². The van der Waals surface area contributed by atoms with Crippen molar-refractivity contribution in [1.29, 1.82) is 0 Å². The molecule has 2 aliphatic rings. The summed E-state index contributed by atoms with van der Waals surface area (Å²) in [6, 6.07) is 0.0892. The van der Waals surface area contributed by atoms with Crippen LogP contribution in [-0.2, 0) is 4.79 Å². The van der Waals surface area contributed by atoms with Crippen LogP contribution < -0.4 is 5.32 Å². The first-order valence-corrected chi connectivity index (χ1v) is 7.29. The summed E-state index contributed by atoms with van der Waals surface area (Å²) in [5.74, 6) is 1.10. The summed E-state index contributed by atoms with van der Waals surface area (Å²) in [7, 11) is 0. The van der Waals surface area contributed by atoms with Crippen molar-refractivity contribution in [3.05, 3.63) is 0 Å². The average molecular weight is 238 g/mol. The van der Waals surface area contributed by atoms with E-state index in [4.69, 9.17) is 0 Å². The summed E-state index contributed by atoms with van der Waals surface area (Å²) >= 11 is 0. The number of hydrogen-bond acceptors (Lipinski definition) is 2. The Kier molecular flexibility index (Phi) is 4.43. The smallest absolute Gasteiger partial charge is 0.241 e. The van der Waals surface area contributed by atoms with Crippen LogP contribution in [0.1, 0.15) is 58.8 Å². The Morgan fingerprint density at radius 1 is 1.35 bits per heavy atom. The lowest BCUT2D eigenvalue weighted by Gasteiger charge is -2.24. The molecule has 1 N–H and O–H groups in total. The molecule has 17 heavy (non-hydrogen) atoms. The molecule has 1 amide bonds. The highest BCUT2D eigenvalue weighted by atomic mass is 16.2. The van der Waals surface area contributed by atoms with Crippen LogP contribution in [0.4, 0.5) is 0 Å². The zero-order chi connectivity index (χ0) is 12.3. The van der Waals surface area contributed by atoms with Crippen molar-refractivity contribution < 1.29 is 4.79 Å². The molecule has 3 heteroatoms. The van der Waals surface area contributed by atoms with Crippen LogP contribution in [0.5, 0.6) is 0 Å². The third-order valence-corrected chi connectivity index (χ3v) is 4.27. The number of rotatable bonds is 5. The zero-order valence-corrected chi connectivity index (χ0v) is 11.2. The lowest BCUT2D eigenvalue weighted by Crippen LogP contribution is -2.37. The molecule has 2 atom stereocenters. The third kappa shape index (κ3) is 3.01. The Morgan fingerprint density at radius 2 is 2.06 bits per heavy atom. The van der Waals surface area contributed by atoms with Crippen LogP contribution >= 0.6 is 0 Å². The van der Waals surface area contributed by atoms with Crippen molar-refractivity contribution in [2.75, 3.05) is 6.54 Å². The maximum atomic E-state index is 12.3. The van der Waals surface area contributed by atoms with Gasteiger partial charge in [0.05, 0.1) is 12.2 Å². The molecule has 0 bridgehead atoms. The number of hydrogen-bond donors (Lipinski definition) is 1. The molecule has 3 nitrogen and oxygen atoms in total. The van der Waals surface area contributed by atoms with Crippen molar-refractivity contribution in [3.8, 4) is 0 Å². The Morgan fingerprint density at radius 3 is 2.71 bits per heavy atom. The van der Waals surface area contributed by atoms with Gasteiger partial charge in [0, 0.05) is 6.54 Å². The SMILES string of the molecule is CCCCC1NC(C)N(CC2CCCC2)C1=O. The molecule has 0 aromatic heterocycles. The van der Waals surface area contributed by atoms with Crippen molar-refractivity contribution in [2.45, 2.75) is 71.0 Å². The van der Waals surface area contributed by atoms with E-state index in [-0.39, 0.29) is 12.2 Å². The molecule has 0 spiro atoms. The van der Waals surface area contributed by atoms with Crippen LogP contribution in [0.3, 0.4) is 0 Å². The maximum absolute atomic E-state index is 12.3. The van der Waals surface area contributed by atoms with Gasteiger partial charge in [0.15, 0.2) is 0 Å². The lowest BCUT2D eigenvalue weighted by atomic mass is 10.1. The summed E-state index contributed by atoms with van der Waals surface area (Å²) in [6.45, 7) is 5.29. The van der Waals surface area contributed by atoms with E-state index in [9.17, 15) is 4.79 Å². The van der Waals surface area contributed by atoms with Crippen molar-refractivity contribution >= 4 is 5.91 Å². The van der Waals surface area contributed by atoms with E-state index in [2.05, 4.69) is 24.1 Å². The van der Waals surface area contributed by atoms with E-state index < -0.39 is 0 Å². The van der Waals surface area contributed by atoms with Gasteiger partial charge in [-0.2, -0.15) is 0 Å². The molecule has 1 aliphatic heterocycles. The van der Waals surface area contributed by atoms with Crippen molar-refractivity contribution in [2.24, 2.45) is 5.92 Å². The van der Waals surface area contributed by atoms with Gasteiger partial charge in [-0.1, -0.05) is 32.6 Å². The fourth-order valence-corrected chi connectivity index (χ4v) is 3.18. The number of unbranched alkanes of at least 4 members (excludes halogenated alkanes) is 1. The third-order valence-electron chi connectivity index (χ3n) is 4.27. The summed E-state index contributed by atoms with van der Waals surface area (Å²) in [4.78, 5) is 14.4. The second-order valence-corrected chi connectivity index (χ2v) is 5.68. The molecule has 0 radical (unpaired) electrons. The van der Waals surface area contributed by atoms with Gasteiger partial charge >= 0.3 is 0 Å². The Bertz CT molecular complexity index is 261. The maximum Gasteiger partial charge on any atom is 0.241 e. The lowest BCUT2D eigenvalue weighted by molar-refractivity contribution is -0.130. The Balaban J connectivity index is 1.86. The van der Waals surface area contributed by atoms with Gasteiger partial charge in [-0.05, 0) is 32.1 Å². The predicted molar refractivity (Wildman–Crippen MR) is 69.6 cm³/mol. The normalized spacial score (nSPS) is 30.5. The quantitative estimate of drug-likeness (QED) is 0.798. The first-order valence-electron chi connectivity index (χ1n) is 7.29. The van der Waals surface area contributed by atoms with Crippen LogP contribution in [0, 0.1) is 5.92 Å². The number of carbonyl (C=O) groups excluding carboxylic acids is 1. The molecule has 2 fully saturated rings. The summed E-state index contributed by atoms with van der Waals surface area (Å²) in [5.41, 5.74) is 0. The minimum atomic E-state index is 0.0892. The van der Waals surface area contributed by atoms with Gasteiger partial charge in [0.2, 0.25) is 5.91 Å².